The Kier molecular flexibility index (Phi) is 7.16. The van der Waals surface area contributed by atoms with Crippen LogP contribution in [0.25, 0.3) is 11.0 Å². The average Bonchev–Trinajstić information content (AvgIpc) is 3.18. The smallest absolute Gasteiger partial charge is 0.310 e. The Bertz CT molecular complexity index is 1530. The molecular weight excluding hydrogens is 490 g/mol. The molecule has 2 aromatic carbocycles. The zero-order valence-electron chi connectivity index (χ0n) is 23.6. The third-order valence-corrected chi connectivity index (χ3v) is 8.20. The number of fused-ring (bicyclic) bond motifs is 2. The van der Waals surface area contributed by atoms with E-state index < -0.39 is 11.4 Å². The van der Waals surface area contributed by atoms with Crippen molar-refractivity contribution in [3.05, 3.63) is 82.2 Å². The van der Waals surface area contributed by atoms with E-state index in [0.29, 0.717) is 6.54 Å². The van der Waals surface area contributed by atoms with E-state index in [0.717, 1.165) is 58.7 Å². The number of pyridine rings is 1. The molecule has 5 rings (SSSR count). The number of aromatic nitrogens is 4. The van der Waals surface area contributed by atoms with E-state index >= 15 is 0 Å². The van der Waals surface area contributed by atoms with E-state index in [-0.39, 0.29) is 12.0 Å². The maximum atomic E-state index is 12.6. The molecule has 0 fully saturated rings. The number of benzene rings is 2. The van der Waals surface area contributed by atoms with Gasteiger partial charge in [0.2, 0.25) is 0 Å². The van der Waals surface area contributed by atoms with Crippen molar-refractivity contribution in [3.63, 3.8) is 0 Å². The highest BCUT2D eigenvalue weighted by Crippen LogP contribution is 2.44. The molecule has 39 heavy (non-hydrogen) atoms. The number of carbonyl (C=O) groups is 1. The highest BCUT2D eigenvalue weighted by molar-refractivity contribution is 5.81. The van der Waals surface area contributed by atoms with Gasteiger partial charge in [0.15, 0.2) is 0 Å². The summed E-state index contributed by atoms with van der Waals surface area (Å²) in [6.07, 6.45) is 2.80. The summed E-state index contributed by atoms with van der Waals surface area (Å²) < 4.78 is 8.01. The van der Waals surface area contributed by atoms with Crippen LogP contribution in [0.4, 0.5) is 0 Å². The van der Waals surface area contributed by atoms with E-state index in [1.165, 1.54) is 11.1 Å². The Morgan fingerprint density at radius 3 is 2.74 bits per heavy atom. The fourth-order valence-electron chi connectivity index (χ4n) is 5.72. The van der Waals surface area contributed by atoms with Crippen LogP contribution in [0.15, 0.2) is 48.7 Å². The number of aliphatic carboxylic acids is 1. The lowest BCUT2D eigenvalue weighted by Crippen LogP contribution is -2.33. The van der Waals surface area contributed by atoms with Crippen molar-refractivity contribution < 1.29 is 14.6 Å². The largest absolute Gasteiger partial charge is 0.487 e. The lowest BCUT2D eigenvalue weighted by molar-refractivity contribution is -0.147. The van der Waals surface area contributed by atoms with Crippen molar-refractivity contribution in [3.8, 4) is 5.75 Å². The predicted molar refractivity (Wildman–Crippen MR) is 151 cm³/mol. The van der Waals surface area contributed by atoms with Crippen LogP contribution in [0.2, 0.25) is 0 Å². The second kappa shape index (κ2) is 10.4. The van der Waals surface area contributed by atoms with E-state index in [9.17, 15) is 9.90 Å². The van der Waals surface area contributed by atoms with E-state index in [2.05, 4.69) is 52.2 Å². The molecule has 0 saturated carbocycles. The summed E-state index contributed by atoms with van der Waals surface area (Å²) in [6.45, 7) is 12.1. The first-order valence-electron chi connectivity index (χ1n) is 13.5. The lowest BCUT2D eigenvalue weighted by atomic mass is 9.69. The number of aryl methyl sites for hydroxylation is 3. The number of hydrogen-bond acceptors (Lipinski definition) is 6. The molecule has 2 aromatic heterocycles. The van der Waals surface area contributed by atoms with Crippen LogP contribution in [0.1, 0.15) is 66.6 Å². The predicted octanol–water partition coefficient (Wildman–Crippen LogP) is 5.40. The molecule has 1 aliphatic heterocycles. The minimum atomic E-state index is -1.06. The second-order valence-corrected chi connectivity index (χ2v) is 11.3. The molecule has 3 heterocycles. The summed E-state index contributed by atoms with van der Waals surface area (Å²) in [5.74, 6) is -0.360. The summed E-state index contributed by atoms with van der Waals surface area (Å²) in [5, 5.41) is 18.9. The number of carboxylic acids is 1. The van der Waals surface area contributed by atoms with Crippen molar-refractivity contribution in [2.75, 3.05) is 6.54 Å². The zero-order valence-corrected chi connectivity index (χ0v) is 23.6. The van der Waals surface area contributed by atoms with Gasteiger partial charge in [-0.1, -0.05) is 36.4 Å². The van der Waals surface area contributed by atoms with Gasteiger partial charge in [0, 0.05) is 38.8 Å². The van der Waals surface area contributed by atoms with Gasteiger partial charge >= 0.3 is 5.97 Å². The number of ether oxygens (including phenoxy) is 1. The molecule has 1 aliphatic rings. The van der Waals surface area contributed by atoms with Gasteiger partial charge in [0.1, 0.15) is 17.4 Å². The molecule has 8 heteroatoms. The van der Waals surface area contributed by atoms with Gasteiger partial charge in [0.05, 0.1) is 16.6 Å². The van der Waals surface area contributed by atoms with Crippen LogP contribution in [0, 0.1) is 19.3 Å². The standard InChI is InChI=1S/C31H37N5O3/c1-7-23-17-36(18-25-27(39-23)9-8-14-32-25)16-22-15-21(11-10-19(22)2)28(31(4,5)30(37)38)24-12-13-26-29(20(24)3)33-34-35(26)6/h8-15,23,28H,7,16-18H2,1-6H3,(H,37,38). The van der Waals surface area contributed by atoms with E-state index in [1.807, 2.05) is 44.4 Å². The first kappa shape index (κ1) is 26.8. The van der Waals surface area contributed by atoms with Crippen LogP contribution in [0.5, 0.6) is 5.75 Å². The maximum Gasteiger partial charge on any atom is 0.310 e. The van der Waals surface area contributed by atoms with Gasteiger partial charge in [-0.05, 0) is 80.1 Å². The van der Waals surface area contributed by atoms with Crippen molar-refractivity contribution in [1.82, 2.24) is 24.9 Å². The molecule has 0 saturated heterocycles. The Morgan fingerprint density at radius 1 is 1.21 bits per heavy atom. The van der Waals surface area contributed by atoms with Gasteiger partial charge in [-0.3, -0.25) is 14.7 Å². The number of rotatable bonds is 7. The summed E-state index contributed by atoms with van der Waals surface area (Å²) in [7, 11) is 1.87. The van der Waals surface area contributed by atoms with Crippen LogP contribution in [-0.2, 0) is 24.9 Å². The minimum absolute atomic E-state index is 0.0824. The Morgan fingerprint density at radius 2 is 2.00 bits per heavy atom. The second-order valence-electron chi connectivity index (χ2n) is 11.3. The van der Waals surface area contributed by atoms with Gasteiger partial charge in [0.25, 0.3) is 0 Å². The number of hydrogen-bond donors (Lipinski definition) is 1. The first-order chi connectivity index (χ1) is 18.6. The minimum Gasteiger partial charge on any atom is -0.487 e. The SMILES string of the molecule is CCC1CN(Cc2cc(C(c3ccc4c(nnn4C)c3C)C(C)(C)C(=O)O)ccc2C)Cc2ncccc2O1. The topological polar surface area (TPSA) is 93.4 Å². The number of nitrogens with zero attached hydrogens (tertiary/aromatic N) is 5. The summed E-state index contributed by atoms with van der Waals surface area (Å²) in [4.78, 5) is 19.6. The molecule has 2 unspecified atom stereocenters. The van der Waals surface area contributed by atoms with Crippen LogP contribution in [-0.4, -0.2) is 48.6 Å². The quantitative estimate of drug-likeness (QED) is 0.344. The van der Waals surface area contributed by atoms with Crippen LogP contribution in [0.3, 0.4) is 0 Å². The molecular formula is C31H37N5O3. The molecule has 2 atom stereocenters. The van der Waals surface area contributed by atoms with Gasteiger partial charge in [-0.15, -0.1) is 5.10 Å². The fourth-order valence-corrected chi connectivity index (χ4v) is 5.72. The van der Waals surface area contributed by atoms with Gasteiger partial charge in [-0.2, -0.15) is 0 Å². The molecule has 204 valence electrons. The molecule has 1 N–H and O–H groups in total. The maximum absolute atomic E-state index is 12.6. The van der Waals surface area contributed by atoms with Crippen molar-refractivity contribution in [1.29, 1.82) is 0 Å². The van der Waals surface area contributed by atoms with Crippen molar-refractivity contribution >= 4 is 17.0 Å². The molecule has 0 bridgehead atoms. The Balaban J connectivity index is 1.56. The summed E-state index contributed by atoms with van der Waals surface area (Å²) in [6, 6.07) is 14.3. The third-order valence-electron chi connectivity index (χ3n) is 8.20. The zero-order chi connectivity index (χ0) is 27.9. The molecule has 8 nitrogen and oxygen atoms in total. The van der Waals surface area contributed by atoms with Crippen molar-refractivity contribution in [2.45, 2.75) is 66.2 Å². The normalized spacial score (nSPS) is 16.9. The fraction of sp³-hybridized carbons (Fsp3) is 0.419. The van der Waals surface area contributed by atoms with Crippen LogP contribution < -0.4 is 4.74 Å². The molecule has 0 spiro atoms. The number of carboxylic acid groups (broad SMARTS) is 1. The van der Waals surface area contributed by atoms with Gasteiger partial charge in [-0.25, -0.2) is 4.68 Å². The molecule has 0 radical (unpaired) electrons. The Labute approximate surface area is 229 Å². The highest BCUT2D eigenvalue weighted by atomic mass is 16.5. The highest BCUT2D eigenvalue weighted by Gasteiger charge is 2.40. The van der Waals surface area contributed by atoms with Gasteiger partial charge < -0.3 is 9.84 Å². The summed E-state index contributed by atoms with van der Waals surface area (Å²) >= 11 is 0. The van der Waals surface area contributed by atoms with Crippen LogP contribution >= 0.6 is 0 Å². The molecule has 0 aliphatic carbocycles. The molecule has 0 amide bonds. The van der Waals surface area contributed by atoms with Crippen molar-refractivity contribution in [2.24, 2.45) is 12.5 Å². The monoisotopic (exact) mass is 527 g/mol. The third kappa shape index (κ3) is 5.01. The summed E-state index contributed by atoms with van der Waals surface area (Å²) in [5.41, 5.74) is 6.85. The molecule has 4 aromatic rings. The lowest BCUT2D eigenvalue weighted by Gasteiger charge is -2.33. The first-order valence-corrected chi connectivity index (χ1v) is 13.5. The average molecular weight is 528 g/mol. The van der Waals surface area contributed by atoms with E-state index in [1.54, 1.807) is 18.5 Å². The van der Waals surface area contributed by atoms with E-state index in [4.69, 9.17) is 4.74 Å². The Hall–Kier alpha value is -3.78.